The summed E-state index contributed by atoms with van der Waals surface area (Å²) in [5.74, 6) is -0.990. The Morgan fingerprint density at radius 1 is 1.10 bits per heavy atom. The van der Waals surface area contributed by atoms with Crippen molar-refractivity contribution >= 4 is 11.6 Å². The number of ketones is 1. The molecule has 0 saturated carbocycles. The van der Waals surface area contributed by atoms with Crippen LogP contribution in [0.5, 0.6) is 0 Å². The molecule has 2 aromatic carbocycles. The van der Waals surface area contributed by atoms with Crippen LogP contribution in [0.4, 0.5) is 14.6 Å². The molecule has 0 saturated heterocycles. The molecular weight excluding hydrogens is 388 g/mol. The molecule has 0 atom stereocenters. The van der Waals surface area contributed by atoms with Gasteiger partial charge in [-0.1, -0.05) is 12.1 Å². The van der Waals surface area contributed by atoms with E-state index in [4.69, 9.17) is 5.73 Å². The number of hydrogen-bond acceptors (Lipinski definition) is 4. The molecule has 4 aromatic rings. The van der Waals surface area contributed by atoms with Crippen molar-refractivity contribution in [1.29, 1.82) is 0 Å². The quantitative estimate of drug-likeness (QED) is 0.510. The van der Waals surface area contributed by atoms with E-state index < -0.39 is 11.6 Å². The molecule has 0 fully saturated rings. The summed E-state index contributed by atoms with van der Waals surface area (Å²) in [6.45, 7) is 4.31. The lowest BCUT2D eigenvalue weighted by molar-refractivity contribution is 0.103. The fourth-order valence-corrected chi connectivity index (χ4v) is 3.30. The van der Waals surface area contributed by atoms with E-state index in [1.54, 1.807) is 6.20 Å². The number of nitrogens with zero attached hydrogens (tertiary/aromatic N) is 4. The zero-order valence-corrected chi connectivity index (χ0v) is 16.4. The molecule has 0 aliphatic carbocycles. The van der Waals surface area contributed by atoms with Crippen LogP contribution in [0.2, 0.25) is 0 Å². The van der Waals surface area contributed by atoms with Crippen LogP contribution in [0, 0.1) is 25.5 Å². The number of nitrogens with two attached hydrogens (primary N) is 1. The summed E-state index contributed by atoms with van der Waals surface area (Å²) in [7, 11) is 0. The summed E-state index contributed by atoms with van der Waals surface area (Å²) >= 11 is 0. The zero-order valence-electron chi connectivity index (χ0n) is 16.4. The molecule has 2 N–H and O–H groups in total. The lowest BCUT2D eigenvalue weighted by atomic mass is 9.98. The van der Waals surface area contributed by atoms with E-state index in [1.807, 2.05) is 42.8 Å². The average Bonchev–Trinajstić information content (AvgIpc) is 3.28. The average molecular weight is 407 g/mol. The molecule has 0 unspecified atom stereocenters. The normalized spacial score (nSPS) is 11.1. The van der Waals surface area contributed by atoms with Crippen LogP contribution in [0.3, 0.4) is 0 Å². The van der Waals surface area contributed by atoms with Crippen molar-refractivity contribution in [1.82, 2.24) is 19.3 Å². The van der Waals surface area contributed by atoms with Crippen molar-refractivity contribution in [3.63, 3.8) is 0 Å². The Balaban J connectivity index is 1.69. The molecule has 4 rings (SSSR count). The number of imidazole rings is 1. The van der Waals surface area contributed by atoms with E-state index in [0.717, 1.165) is 33.8 Å². The number of aromatic nitrogens is 4. The molecule has 0 aliphatic heterocycles. The largest absolute Gasteiger partial charge is 0.383 e. The smallest absolute Gasteiger partial charge is 0.198 e. The molecular formula is C22H19F2N5O. The van der Waals surface area contributed by atoms with Gasteiger partial charge in [-0.2, -0.15) is 5.10 Å². The highest BCUT2D eigenvalue weighted by atomic mass is 19.1. The third-order valence-corrected chi connectivity index (χ3v) is 5.01. The van der Waals surface area contributed by atoms with E-state index in [1.165, 1.54) is 12.3 Å². The van der Waals surface area contributed by atoms with Gasteiger partial charge in [0, 0.05) is 30.6 Å². The van der Waals surface area contributed by atoms with Crippen molar-refractivity contribution < 1.29 is 13.6 Å². The minimum absolute atomic E-state index is 0.0132. The number of halogens is 2. The van der Waals surface area contributed by atoms with Crippen LogP contribution in [-0.2, 0) is 6.54 Å². The molecule has 0 bridgehead atoms. The monoisotopic (exact) mass is 407 g/mol. The summed E-state index contributed by atoms with van der Waals surface area (Å²) in [6.07, 6.45) is 4.89. The van der Waals surface area contributed by atoms with Gasteiger partial charge in [-0.05, 0) is 43.2 Å². The minimum atomic E-state index is -0.822. The van der Waals surface area contributed by atoms with Crippen molar-refractivity contribution in [3.05, 3.63) is 94.7 Å². The maximum Gasteiger partial charge on any atom is 0.198 e. The first kappa shape index (κ1) is 19.5. The number of carbonyl (C=O) groups excluding carboxylic acids is 1. The number of benzene rings is 2. The first-order chi connectivity index (χ1) is 14.3. The maximum atomic E-state index is 14.1. The van der Waals surface area contributed by atoms with Crippen LogP contribution < -0.4 is 5.73 Å². The van der Waals surface area contributed by atoms with Crippen LogP contribution in [0.25, 0.3) is 5.69 Å². The number of carbonyl (C=O) groups is 1. The van der Waals surface area contributed by atoms with Gasteiger partial charge in [0.25, 0.3) is 0 Å². The molecule has 0 radical (unpaired) electrons. The second-order valence-corrected chi connectivity index (χ2v) is 7.03. The van der Waals surface area contributed by atoms with E-state index in [9.17, 15) is 13.6 Å². The van der Waals surface area contributed by atoms with Gasteiger partial charge in [0.2, 0.25) is 0 Å². The highest BCUT2D eigenvalue weighted by Crippen LogP contribution is 2.24. The van der Waals surface area contributed by atoms with Crippen LogP contribution >= 0.6 is 0 Å². The van der Waals surface area contributed by atoms with E-state index in [-0.39, 0.29) is 22.9 Å². The Hall–Kier alpha value is -3.81. The zero-order chi connectivity index (χ0) is 21.4. The van der Waals surface area contributed by atoms with Gasteiger partial charge in [0.15, 0.2) is 11.6 Å². The Morgan fingerprint density at radius 3 is 2.60 bits per heavy atom. The third-order valence-electron chi connectivity index (χ3n) is 5.01. The van der Waals surface area contributed by atoms with Gasteiger partial charge in [0.05, 0.1) is 11.8 Å². The van der Waals surface area contributed by atoms with Gasteiger partial charge < -0.3 is 10.3 Å². The number of hydrogen-bond donors (Lipinski definition) is 1. The lowest BCUT2D eigenvalue weighted by Gasteiger charge is -2.10. The summed E-state index contributed by atoms with van der Waals surface area (Å²) in [6, 6.07) is 8.70. The molecule has 2 heterocycles. The van der Waals surface area contributed by atoms with Gasteiger partial charge in [-0.25, -0.2) is 18.4 Å². The summed E-state index contributed by atoms with van der Waals surface area (Å²) in [5, 5.41) is 4.04. The van der Waals surface area contributed by atoms with Gasteiger partial charge in [-0.3, -0.25) is 4.79 Å². The van der Waals surface area contributed by atoms with Crippen molar-refractivity contribution in [3.8, 4) is 5.69 Å². The second-order valence-electron chi connectivity index (χ2n) is 7.03. The number of nitrogen functional groups attached to an aromatic ring is 1. The summed E-state index contributed by atoms with van der Waals surface area (Å²) < 4.78 is 30.4. The molecule has 30 heavy (non-hydrogen) atoms. The van der Waals surface area contributed by atoms with E-state index in [0.29, 0.717) is 12.1 Å². The molecule has 6 nitrogen and oxygen atoms in total. The van der Waals surface area contributed by atoms with Gasteiger partial charge in [-0.15, -0.1) is 0 Å². The van der Waals surface area contributed by atoms with Crippen LogP contribution in [-0.4, -0.2) is 25.1 Å². The lowest BCUT2D eigenvalue weighted by Crippen LogP contribution is -2.10. The molecule has 152 valence electrons. The molecule has 2 aromatic heterocycles. The highest BCUT2D eigenvalue weighted by Gasteiger charge is 2.21. The third kappa shape index (κ3) is 3.47. The Labute approximate surface area is 171 Å². The van der Waals surface area contributed by atoms with Crippen molar-refractivity contribution in [2.24, 2.45) is 0 Å². The number of anilines is 1. The summed E-state index contributed by atoms with van der Waals surface area (Å²) in [5.41, 5.74) is 8.42. The minimum Gasteiger partial charge on any atom is -0.383 e. The van der Waals surface area contributed by atoms with Crippen molar-refractivity contribution in [2.45, 2.75) is 20.4 Å². The van der Waals surface area contributed by atoms with Gasteiger partial charge >= 0.3 is 0 Å². The SMILES string of the molecule is Cc1ccc(Cn2ccnc2C)cc1C(=O)c1cnn(-c2ccc(F)cc2F)c1N. The van der Waals surface area contributed by atoms with Crippen LogP contribution in [0.1, 0.15) is 32.9 Å². The Morgan fingerprint density at radius 2 is 1.90 bits per heavy atom. The number of aryl methyl sites for hydroxylation is 2. The number of rotatable bonds is 5. The molecule has 0 aliphatic rings. The van der Waals surface area contributed by atoms with Crippen molar-refractivity contribution in [2.75, 3.05) is 5.73 Å². The Bertz CT molecular complexity index is 1260. The van der Waals surface area contributed by atoms with E-state index in [2.05, 4.69) is 10.1 Å². The second kappa shape index (κ2) is 7.55. The predicted molar refractivity (Wildman–Crippen MR) is 109 cm³/mol. The van der Waals surface area contributed by atoms with Crippen LogP contribution in [0.15, 0.2) is 55.0 Å². The first-order valence-electron chi connectivity index (χ1n) is 9.26. The topological polar surface area (TPSA) is 78.7 Å². The summed E-state index contributed by atoms with van der Waals surface area (Å²) in [4.78, 5) is 17.4. The van der Waals surface area contributed by atoms with Gasteiger partial charge in [0.1, 0.15) is 23.1 Å². The predicted octanol–water partition coefficient (Wildman–Crippen LogP) is 3.83. The van der Waals surface area contributed by atoms with E-state index >= 15 is 0 Å². The molecule has 8 heteroatoms. The maximum absolute atomic E-state index is 14.1. The fourth-order valence-electron chi connectivity index (χ4n) is 3.30. The molecule has 0 amide bonds. The highest BCUT2D eigenvalue weighted by molar-refractivity contribution is 6.12. The fraction of sp³-hybridized carbons (Fsp3) is 0.136. The Kier molecular flexibility index (Phi) is 4.91. The first-order valence-corrected chi connectivity index (χ1v) is 9.26. The molecule has 0 spiro atoms. The standard InChI is InChI=1S/C22H19F2N5O/c1-13-3-4-15(12-28-8-7-26-14(28)2)9-17(13)21(30)18-11-27-29(22(18)25)20-6-5-16(23)10-19(20)24/h3-11H,12,25H2,1-2H3.